The Hall–Kier alpha value is -2.40. The number of nitriles is 1. The highest BCUT2D eigenvalue weighted by Crippen LogP contribution is 2.40. The lowest BCUT2D eigenvalue weighted by molar-refractivity contribution is -0.133. The lowest BCUT2D eigenvalue weighted by Crippen LogP contribution is -2.03. The zero-order valence-electron chi connectivity index (χ0n) is 10.9. The van der Waals surface area contributed by atoms with E-state index in [0.29, 0.717) is 28.3 Å². The summed E-state index contributed by atoms with van der Waals surface area (Å²) < 4.78 is 1.95. The quantitative estimate of drug-likeness (QED) is 0.838. The van der Waals surface area contributed by atoms with Crippen molar-refractivity contribution in [2.45, 2.75) is 24.0 Å². The summed E-state index contributed by atoms with van der Waals surface area (Å²) >= 11 is 1.16. The fourth-order valence-corrected chi connectivity index (χ4v) is 2.66. The third-order valence-electron chi connectivity index (χ3n) is 3.02. The van der Waals surface area contributed by atoms with Crippen LogP contribution in [0, 0.1) is 11.3 Å². The second kappa shape index (κ2) is 5.54. The molecule has 1 aliphatic carbocycles. The summed E-state index contributed by atoms with van der Waals surface area (Å²) in [4.78, 5) is 14.9. The summed E-state index contributed by atoms with van der Waals surface area (Å²) in [7, 11) is 0. The van der Waals surface area contributed by atoms with Crippen LogP contribution in [-0.2, 0) is 4.79 Å². The maximum absolute atomic E-state index is 10.7. The molecule has 1 aliphatic rings. The van der Waals surface area contributed by atoms with Gasteiger partial charge in [0.25, 0.3) is 0 Å². The van der Waals surface area contributed by atoms with Gasteiger partial charge in [-0.2, -0.15) is 5.26 Å². The van der Waals surface area contributed by atoms with E-state index in [1.165, 1.54) is 6.20 Å². The molecular weight excluding hydrogens is 290 g/mol. The highest BCUT2D eigenvalue weighted by molar-refractivity contribution is 7.99. The number of carbonyl (C=O) groups is 1. The molecule has 0 aliphatic heterocycles. The summed E-state index contributed by atoms with van der Waals surface area (Å²) in [6, 6.07) is 5.74. The van der Waals surface area contributed by atoms with E-state index in [1.54, 1.807) is 12.1 Å². The van der Waals surface area contributed by atoms with Crippen LogP contribution in [0.25, 0.3) is 11.5 Å². The molecule has 0 saturated heterocycles. The van der Waals surface area contributed by atoms with Gasteiger partial charge in [-0.25, -0.2) is 0 Å². The molecule has 2 heterocycles. The normalized spacial score (nSPS) is 13.9. The van der Waals surface area contributed by atoms with Crippen LogP contribution in [0.5, 0.6) is 0 Å². The topological polar surface area (TPSA) is 105 Å². The lowest BCUT2D eigenvalue weighted by Gasteiger charge is -2.07. The maximum atomic E-state index is 10.7. The van der Waals surface area contributed by atoms with Gasteiger partial charge < -0.3 is 5.11 Å². The number of nitrogens with zero attached hydrogens (tertiary/aromatic N) is 5. The number of aromatic nitrogens is 4. The van der Waals surface area contributed by atoms with Crippen molar-refractivity contribution >= 4 is 17.7 Å². The first-order chi connectivity index (χ1) is 10.2. The van der Waals surface area contributed by atoms with Crippen LogP contribution in [0.15, 0.2) is 23.5 Å². The van der Waals surface area contributed by atoms with E-state index in [1.807, 2.05) is 10.6 Å². The van der Waals surface area contributed by atoms with Crippen molar-refractivity contribution in [3.05, 3.63) is 23.9 Å². The molecule has 1 fully saturated rings. The van der Waals surface area contributed by atoms with Crippen molar-refractivity contribution in [3.8, 4) is 17.6 Å². The first-order valence-corrected chi connectivity index (χ1v) is 7.33. The van der Waals surface area contributed by atoms with E-state index in [-0.39, 0.29) is 5.75 Å². The number of pyridine rings is 1. The molecule has 0 atom stereocenters. The van der Waals surface area contributed by atoms with Gasteiger partial charge in [0, 0.05) is 12.2 Å². The van der Waals surface area contributed by atoms with Crippen LogP contribution in [0.4, 0.5) is 0 Å². The molecule has 21 heavy (non-hydrogen) atoms. The molecule has 7 nitrogen and oxygen atoms in total. The number of rotatable bonds is 5. The van der Waals surface area contributed by atoms with Crippen molar-refractivity contribution < 1.29 is 9.90 Å². The van der Waals surface area contributed by atoms with Crippen molar-refractivity contribution in [2.75, 3.05) is 5.75 Å². The second-order valence-corrected chi connectivity index (χ2v) is 5.58. The highest BCUT2D eigenvalue weighted by Gasteiger charge is 2.30. The van der Waals surface area contributed by atoms with Crippen LogP contribution in [0.2, 0.25) is 0 Å². The van der Waals surface area contributed by atoms with Crippen molar-refractivity contribution in [1.29, 1.82) is 5.26 Å². The van der Waals surface area contributed by atoms with E-state index in [9.17, 15) is 4.79 Å². The number of hydrogen-bond donors (Lipinski definition) is 1. The molecular formula is C13H11N5O2S. The van der Waals surface area contributed by atoms with Gasteiger partial charge in [-0.05, 0) is 25.0 Å². The van der Waals surface area contributed by atoms with Crippen molar-refractivity contribution in [2.24, 2.45) is 0 Å². The standard InChI is InChI=1S/C13H11N5O2S/c14-5-8-1-4-10(15-6-8)12-16-17-13(21-7-11(19)20)18(12)9-2-3-9/h1,4,6,9H,2-3,7H2,(H,19,20). The van der Waals surface area contributed by atoms with Gasteiger partial charge in [0.15, 0.2) is 11.0 Å². The molecule has 106 valence electrons. The summed E-state index contributed by atoms with van der Waals surface area (Å²) in [5.74, 6) is -0.315. The lowest BCUT2D eigenvalue weighted by atomic mass is 10.2. The Morgan fingerprint density at radius 1 is 1.48 bits per heavy atom. The average Bonchev–Trinajstić information content (AvgIpc) is 3.25. The highest BCUT2D eigenvalue weighted by atomic mass is 32.2. The number of carboxylic acids is 1. The Labute approximate surface area is 124 Å². The molecule has 0 amide bonds. The van der Waals surface area contributed by atoms with Gasteiger partial charge in [-0.15, -0.1) is 10.2 Å². The SMILES string of the molecule is N#Cc1ccc(-c2nnc(SCC(=O)O)n2C2CC2)nc1. The van der Waals surface area contributed by atoms with Crippen LogP contribution in [0.1, 0.15) is 24.4 Å². The number of aliphatic carboxylic acids is 1. The molecule has 1 N–H and O–H groups in total. The second-order valence-electron chi connectivity index (χ2n) is 4.63. The van der Waals surface area contributed by atoms with Crippen molar-refractivity contribution in [3.63, 3.8) is 0 Å². The smallest absolute Gasteiger partial charge is 0.313 e. The molecule has 0 bridgehead atoms. The zero-order valence-corrected chi connectivity index (χ0v) is 11.7. The van der Waals surface area contributed by atoms with Gasteiger partial charge in [0.05, 0.1) is 11.3 Å². The first kappa shape index (κ1) is 13.6. The number of thioether (sulfide) groups is 1. The van der Waals surface area contributed by atoms with E-state index < -0.39 is 5.97 Å². The first-order valence-electron chi connectivity index (χ1n) is 6.35. The minimum absolute atomic E-state index is 0.0499. The summed E-state index contributed by atoms with van der Waals surface area (Å²) in [6.45, 7) is 0. The molecule has 0 aromatic carbocycles. The van der Waals surface area contributed by atoms with Crippen LogP contribution in [-0.4, -0.2) is 36.6 Å². The molecule has 0 radical (unpaired) electrons. The molecule has 0 spiro atoms. The average molecular weight is 301 g/mol. The monoisotopic (exact) mass is 301 g/mol. The minimum atomic E-state index is -0.886. The van der Waals surface area contributed by atoms with Gasteiger partial charge in [-0.3, -0.25) is 14.3 Å². The van der Waals surface area contributed by atoms with E-state index in [0.717, 1.165) is 24.6 Å². The summed E-state index contributed by atoms with van der Waals surface area (Å²) in [5.41, 5.74) is 1.12. The molecule has 1 saturated carbocycles. The van der Waals surface area contributed by atoms with Gasteiger partial charge >= 0.3 is 5.97 Å². The molecule has 8 heteroatoms. The third kappa shape index (κ3) is 2.87. The van der Waals surface area contributed by atoms with Crippen LogP contribution >= 0.6 is 11.8 Å². The van der Waals surface area contributed by atoms with Gasteiger partial charge in [0.2, 0.25) is 0 Å². The maximum Gasteiger partial charge on any atom is 0.313 e. The Balaban J connectivity index is 1.94. The Morgan fingerprint density at radius 2 is 2.29 bits per heavy atom. The molecule has 2 aromatic heterocycles. The molecule has 3 rings (SSSR count). The summed E-state index contributed by atoms with van der Waals surface area (Å²) in [5, 5.41) is 26.4. The fraction of sp³-hybridized carbons (Fsp3) is 0.308. The Bertz CT molecular complexity index is 715. The van der Waals surface area contributed by atoms with Gasteiger partial charge in [-0.1, -0.05) is 11.8 Å². The predicted octanol–water partition coefficient (Wildman–Crippen LogP) is 1.72. The van der Waals surface area contributed by atoms with E-state index in [2.05, 4.69) is 15.2 Å². The number of carboxylic acid groups (broad SMARTS) is 1. The van der Waals surface area contributed by atoms with E-state index in [4.69, 9.17) is 10.4 Å². The summed E-state index contributed by atoms with van der Waals surface area (Å²) in [6.07, 6.45) is 3.55. The van der Waals surface area contributed by atoms with Crippen LogP contribution < -0.4 is 0 Å². The minimum Gasteiger partial charge on any atom is -0.481 e. The Kier molecular flexibility index (Phi) is 3.58. The fourth-order valence-electron chi connectivity index (χ4n) is 1.93. The predicted molar refractivity (Wildman–Crippen MR) is 74.6 cm³/mol. The third-order valence-corrected chi connectivity index (χ3v) is 3.95. The Morgan fingerprint density at radius 3 is 2.86 bits per heavy atom. The largest absolute Gasteiger partial charge is 0.481 e. The van der Waals surface area contributed by atoms with Gasteiger partial charge in [0.1, 0.15) is 11.8 Å². The number of hydrogen-bond acceptors (Lipinski definition) is 6. The zero-order chi connectivity index (χ0) is 14.8. The van der Waals surface area contributed by atoms with E-state index >= 15 is 0 Å². The molecule has 2 aromatic rings. The molecule has 0 unspecified atom stereocenters. The van der Waals surface area contributed by atoms with Crippen LogP contribution in [0.3, 0.4) is 0 Å². The van der Waals surface area contributed by atoms with Crippen molar-refractivity contribution in [1.82, 2.24) is 19.7 Å².